The van der Waals surface area contributed by atoms with E-state index in [-0.39, 0.29) is 47.6 Å². The largest absolute Gasteiger partial charge is 0.376 e. The third-order valence-electron chi connectivity index (χ3n) is 6.62. The second-order valence-corrected chi connectivity index (χ2v) is 8.65. The van der Waals surface area contributed by atoms with Gasteiger partial charge in [-0.2, -0.15) is 0 Å². The molecular formula is C22H30F2N2O2. The van der Waals surface area contributed by atoms with Gasteiger partial charge in [-0.15, -0.1) is 0 Å². The third kappa shape index (κ3) is 4.38. The van der Waals surface area contributed by atoms with E-state index in [2.05, 4.69) is 0 Å². The number of carbonyl (C=O) groups is 1. The number of rotatable bonds is 5. The van der Waals surface area contributed by atoms with Gasteiger partial charge in [-0.05, 0) is 81.0 Å². The third-order valence-corrected chi connectivity index (χ3v) is 6.62. The molecule has 0 bridgehead atoms. The molecule has 0 radical (unpaired) electrons. The summed E-state index contributed by atoms with van der Waals surface area (Å²) in [5.41, 5.74) is 6.80. The number of carbonyl (C=O) groups excluding carboxylic acids is 1. The molecule has 1 aliphatic heterocycles. The van der Waals surface area contributed by atoms with Crippen LogP contribution in [0.5, 0.6) is 0 Å². The van der Waals surface area contributed by atoms with Crippen molar-refractivity contribution in [3.05, 3.63) is 35.4 Å². The molecule has 28 heavy (non-hydrogen) atoms. The number of halogens is 2. The molecule has 0 spiro atoms. The number of piperidine rings is 1. The highest BCUT2D eigenvalue weighted by atomic mass is 19.1. The zero-order valence-electron chi connectivity index (χ0n) is 16.3. The Balaban J connectivity index is 1.30. The Labute approximate surface area is 165 Å². The minimum absolute atomic E-state index is 0.0332. The second kappa shape index (κ2) is 8.46. The first-order valence-corrected chi connectivity index (χ1v) is 10.7. The van der Waals surface area contributed by atoms with Crippen LogP contribution >= 0.6 is 0 Å². The van der Waals surface area contributed by atoms with Crippen LogP contribution < -0.4 is 5.73 Å². The number of likely N-dealkylation sites (tertiary alicyclic amines) is 1. The van der Waals surface area contributed by atoms with Gasteiger partial charge in [0.1, 0.15) is 11.6 Å². The van der Waals surface area contributed by atoms with E-state index in [1.54, 1.807) is 0 Å². The average molecular weight is 392 g/mol. The number of hydrogen-bond acceptors (Lipinski definition) is 3. The molecule has 2 N–H and O–H groups in total. The summed E-state index contributed by atoms with van der Waals surface area (Å²) in [5.74, 6) is -0.228. The minimum atomic E-state index is -0.388. The van der Waals surface area contributed by atoms with Crippen LogP contribution in [0.2, 0.25) is 0 Å². The normalized spacial score (nSPS) is 31.0. The SMILES string of the molecule is NC1CCCN(C(=O)C2CC2)C1COC1CCC(c2cc(F)ccc2F)CC1. The Kier molecular flexibility index (Phi) is 5.97. The highest BCUT2D eigenvalue weighted by Crippen LogP contribution is 2.36. The fourth-order valence-electron chi connectivity index (χ4n) is 4.74. The molecular weight excluding hydrogens is 362 g/mol. The predicted octanol–water partition coefficient (Wildman–Crippen LogP) is 3.74. The van der Waals surface area contributed by atoms with Gasteiger partial charge in [-0.3, -0.25) is 4.79 Å². The maximum absolute atomic E-state index is 14.0. The minimum Gasteiger partial charge on any atom is -0.376 e. The van der Waals surface area contributed by atoms with Crippen LogP contribution in [0.15, 0.2) is 18.2 Å². The molecule has 1 aromatic carbocycles. The zero-order chi connectivity index (χ0) is 19.7. The fraction of sp³-hybridized carbons (Fsp3) is 0.682. The molecule has 2 saturated carbocycles. The van der Waals surface area contributed by atoms with Crippen LogP contribution in [-0.4, -0.2) is 42.1 Å². The summed E-state index contributed by atoms with van der Waals surface area (Å²) in [6, 6.07) is 3.62. The van der Waals surface area contributed by atoms with Crippen LogP contribution in [0.25, 0.3) is 0 Å². The highest BCUT2D eigenvalue weighted by Gasteiger charge is 2.40. The summed E-state index contributed by atoms with van der Waals surface area (Å²) in [6.07, 6.45) is 7.18. The number of amides is 1. The van der Waals surface area contributed by atoms with Gasteiger partial charge in [0.25, 0.3) is 0 Å². The van der Waals surface area contributed by atoms with E-state index >= 15 is 0 Å². The smallest absolute Gasteiger partial charge is 0.226 e. The van der Waals surface area contributed by atoms with Crippen molar-refractivity contribution in [2.45, 2.75) is 75.5 Å². The van der Waals surface area contributed by atoms with Gasteiger partial charge in [-0.25, -0.2) is 8.78 Å². The Bertz CT molecular complexity index is 702. The zero-order valence-corrected chi connectivity index (χ0v) is 16.3. The number of benzene rings is 1. The molecule has 0 aromatic heterocycles. The number of nitrogens with zero attached hydrogens (tertiary/aromatic N) is 1. The molecule has 6 heteroatoms. The molecule has 2 aliphatic carbocycles. The molecule has 3 fully saturated rings. The van der Waals surface area contributed by atoms with E-state index in [1.807, 2.05) is 4.90 Å². The Morgan fingerprint density at radius 1 is 1.11 bits per heavy atom. The quantitative estimate of drug-likeness (QED) is 0.831. The highest BCUT2D eigenvalue weighted by molar-refractivity contribution is 5.81. The van der Waals surface area contributed by atoms with Crippen molar-refractivity contribution in [1.29, 1.82) is 0 Å². The van der Waals surface area contributed by atoms with Crippen LogP contribution in [0.4, 0.5) is 8.78 Å². The van der Waals surface area contributed by atoms with E-state index in [9.17, 15) is 13.6 Å². The van der Waals surface area contributed by atoms with Crippen molar-refractivity contribution < 1.29 is 18.3 Å². The first kappa shape index (κ1) is 19.8. The molecule has 1 aromatic rings. The first-order valence-electron chi connectivity index (χ1n) is 10.7. The van der Waals surface area contributed by atoms with Crippen LogP contribution in [0, 0.1) is 17.6 Å². The predicted molar refractivity (Wildman–Crippen MR) is 103 cm³/mol. The monoisotopic (exact) mass is 392 g/mol. The Hall–Kier alpha value is -1.53. The maximum atomic E-state index is 14.0. The maximum Gasteiger partial charge on any atom is 0.226 e. The Morgan fingerprint density at radius 2 is 1.86 bits per heavy atom. The number of ether oxygens (including phenoxy) is 1. The van der Waals surface area contributed by atoms with Crippen molar-refractivity contribution in [3.8, 4) is 0 Å². The van der Waals surface area contributed by atoms with Crippen LogP contribution in [0.3, 0.4) is 0 Å². The first-order chi connectivity index (χ1) is 13.5. The lowest BCUT2D eigenvalue weighted by atomic mass is 9.82. The number of hydrogen-bond donors (Lipinski definition) is 1. The van der Waals surface area contributed by atoms with Gasteiger partial charge in [0.15, 0.2) is 0 Å². The van der Waals surface area contributed by atoms with Crippen molar-refractivity contribution in [2.24, 2.45) is 11.7 Å². The molecule has 3 aliphatic rings. The molecule has 154 valence electrons. The average Bonchev–Trinajstić information content (AvgIpc) is 3.54. The van der Waals surface area contributed by atoms with E-state index in [1.165, 1.54) is 12.1 Å². The number of nitrogens with two attached hydrogens (primary N) is 1. The lowest BCUT2D eigenvalue weighted by Crippen LogP contribution is -2.57. The second-order valence-electron chi connectivity index (χ2n) is 8.65. The van der Waals surface area contributed by atoms with Crippen molar-refractivity contribution in [2.75, 3.05) is 13.2 Å². The van der Waals surface area contributed by atoms with E-state index in [0.29, 0.717) is 12.2 Å². The van der Waals surface area contributed by atoms with Crippen molar-refractivity contribution in [3.63, 3.8) is 0 Å². The summed E-state index contributed by atoms with van der Waals surface area (Å²) in [4.78, 5) is 14.5. The van der Waals surface area contributed by atoms with Gasteiger partial charge < -0.3 is 15.4 Å². The molecule has 1 amide bonds. The summed E-state index contributed by atoms with van der Waals surface area (Å²) in [5, 5.41) is 0. The van der Waals surface area contributed by atoms with Gasteiger partial charge >= 0.3 is 0 Å². The molecule has 4 rings (SSSR count). The summed E-state index contributed by atoms with van der Waals surface area (Å²) in [7, 11) is 0. The van der Waals surface area contributed by atoms with E-state index < -0.39 is 0 Å². The standard InChI is InChI=1S/C22H30F2N2O2/c23-16-7-10-19(24)18(12-16)14-5-8-17(9-6-14)28-13-21-20(25)2-1-11-26(21)22(27)15-3-4-15/h7,10,12,14-15,17,20-21H,1-6,8-9,11,13,25H2. The molecule has 1 heterocycles. The summed E-state index contributed by atoms with van der Waals surface area (Å²) >= 11 is 0. The van der Waals surface area contributed by atoms with E-state index in [4.69, 9.17) is 10.5 Å². The molecule has 2 atom stereocenters. The summed E-state index contributed by atoms with van der Waals surface area (Å²) in [6.45, 7) is 1.26. The molecule has 2 unspecified atom stereocenters. The lowest BCUT2D eigenvalue weighted by molar-refractivity contribution is -0.139. The fourth-order valence-corrected chi connectivity index (χ4v) is 4.74. The molecule has 4 nitrogen and oxygen atoms in total. The van der Waals surface area contributed by atoms with Gasteiger partial charge in [0.2, 0.25) is 5.91 Å². The van der Waals surface area contributed by atoms with E-state index in [0.717, 1.165) is 64.0 Å². The topological polar surface area (TPSA) is 55.6 Å². The summed E-state index contributed by atoms with van der Waals surface area (Å²) < 4.78 is 33.7. The lowest BCUT2D eigenvalue weighted by Gasteiger charge is -2.41. The van der Waals surface area contributed by atoms with Crippen molar-refractivity contribution >= 4 is 5.91 Å². The van der Waals surface area contributed by atoms with Gasteiger partial charge in [0, 0.05) is 18.5 Å². The van der Waals surface area contributed by atoms with Gasteiger partial charge in [-0.1, -0.05) is 0 Å². The van der Waals surface area contributed by atoms with Crippen LogP contribution in [-0.2, 0) is 9.53 Å². The molecule has 1 saturated heterocycles. The van der Waals surface area contributed by atoms with Crippen LogP contribution in [0.1, 0.15) is 62.8 Å². The van der Waals surface area contributed by atoms with Gasteiger partial charge in [0.05, 0.1) is 18.8 Å². The van der Waals surface area contributed by atoms with Crippen molar-refractivity contribution in [1.82, 2.24) is 4.90 Å². The Morgan fingerprint density at radius 3 is 2.57 bits per heavy atom.